The van der Waals surface area contributed by atoms with Gasteiger partial charge in [0.2, 0.25) is 11.1 Å². The zero-order valence-corrected chi connectivity index (χ0v) is 11.2. The quantitative estimate of drug-likeness (QED) is 0.803. The van der Waals surface area contributed by atoms with Gasteiger partial charge in [-0.05, 0) is 29.8 Å². The minimum atomic E-state index is -0.494. The predicted octanol–water partition coefficient (Wildman–Crippen LogP) is 2.47. The van der Waals surface area contributed by atoms with Gasteiger partial charge in [0.05, 0.1) is 18.7 Å². The zero-order valence-electron chi connectivity index (χ0n) is 9.65. The number of carbonyl (C=O) groups is 2. The number of nitrogens with zero attached hydrogens (tertiary/aromatic N) is 1. The third-order valence-corrected chi connectivity index (χ3v) is 3.42. The summed E-state index contributed by atoms with van der Waals surface area (Å²) in [5, 5.41) is 0.00564. The van der Waals surface area contributed by atoms with E-state index in [1.807, 2.05) is 0 Å². The Kier molecular flexibility index (Phi) is 3.78. The largest absolute Gasteiger partial charge is 0.495 e. The van der Waals surface area contributed by atoms with Crippen molar-refractivity contribution in [1.82, 2.24) is 0 Å². The van der Waals surface area contributed by atoms with Gasteiger partial charge in [0.25, 0.3) is 0 Å². The lowest BCUT2D eigenvalue weighted by atomic mass is 10.1. The van der Waals surface area contributed by atoms with E-state index in [0.29, 0.717) is 16.5 Å². The van der Waals surface area contributed by atoms with E-state index < -0.39 is 11.2 Å². The monoisotopic (exact) mass is 287 g/mol. The molecule has 0 spiro atoms. The SMILES string of the molecule is COc1ccc(Cl)cc1N1C[C@@H](C(=O)Cl)CC1=O. The number of benzene rings is 1. The lowest BCUT2D eigenvalue weighted by Gasteiger charge is -2.19. The molecule has 0 bridgehead atoms. The molecule has 1 saturated heterocycles. The molecule has 6 heteroatoms. The van der Waals surface area contributed by atoms with Gasteiger partial charge in [-0.3, -0.25) is 9.59 Å². The Morgan fingerprint density at radius 2 is 2.22 bits per heavy atom. The van der Waals surface area contributed by atoms with Crippen molar-refractivity contribution in [3.05, 3.63) is 23.2 Å². The number of anilines is 1. The van der Waals surface area contributed by atoms with Crippen LogP contribution in [0.15, 0.2) is 18.2 Å². The van der Waals surface area contributed by atoms with Gasteiger partial charge in [-0.25, -0.2) is 0 Å². The van der Waals surface area contributed by atoms with Crippen molar-refractivity contribution in [2.45, 2.75) is 6.42 Å². The fraction of sp³-hybridized carbons (Fsp3) is 0.333. The highest BCUT2D eigenvalue weighted by Gasteiger charge is 2.35. The van der Waals surface area contributed by atoms with Crippen molar-refractivity contribution in [1.29, 1.82) is 0 Å². The van der Waals surface area contributed by atoms with Gasteiger partial charge in [-0.15, -0.1) is 0 Å². The lowest BCUT2D eigenvalue weighted by Crippen LogP contribution is -2.25. The molecule has 0 aromatic heterocycles. The van der Waals surface area contributed by atoms with Crippen LogP contribution in [-0.2, 0) is 9.59 Å². The first-order valence-corrected chi connectivity index (χ1v) is 6.11. The summed E-state index contributed by atoms with van der Waals surface area (Å²) in [4.78, 5) is 24.5. The molecule has 0 saturated carbocycles. The second-order valence-electron chi connectivity index (χ2n) is 4.03. The van der Waals surface area contributed by atoms with Crippen molar-refractivity contribution in [3.63, 3.8) is 0 Å². The van der Waals surface area contributed by atoms with Crippen LogP contribution in [-0.4, -0.2) is 24.8 Å². The van der Waals surface area contributed by atoms with Crippen molar-refractivity contribution < 1.29 is 14.3 Å². The van der Waals surface area contributed by atoms with Crippen LogP contribution in [0.2, 0.25) is 5.02 Å². The summed E-state index contributed by atoms with van der Waals surface area (Å²) >= 11 is 11.3. The molecule has 4 nitrogen and oxygen atoms in total. The number of hydrogen-bond acceptors (Lipinski definition) is 3. The molecule has 1 heterocycles. The molecular formula is C12H11Cl2NO3. The number of ether oxygens (including phenoxy) is 1. The Balaban J connectivity index is 2.34. The van der Waals surface area contributed by atoms with Crippen LogP contribution in [0.3, 0.4) is 0 Å². The molecule has 1 amide bonds. The summed E-state index contributed by atoms with van der Waals surface area (Å²) in [5.74, 6) is -0.0900. The molecule has 0 radical (unpaired) electrons. The molecule has 0 unspecified atom stereocenters. The summed E-state index contributed by atoms with van der Waals surface area (Å²) < 4.78 is 5.19. The van der Waals surface area contributed by atoms with E-state index in [1.165, 1.54) is 12.0 Å². The molecule has 18 heavy (non-hydrogen) atoms. The molecule has 1 atom stereocenters. The van der Waals surface area contributed by atoms with Crippen LogP contribution in [0.4, 0.5) is 5.69 Å². The van der Waals surface area contributed by atoms with Crippen LogP contribution in [0.25, 0.3) is 0 Å². The highest BCUT2D eigenvalue weighted by Crippen LogP contribution is 2.35. The van der Waals surface area contributed by atoms with Gasteiger partial charge in [-0.1, -0.05) is 11.6 Å². The summed E-state index contributed by atoms with van der Waals surface area (Å²) in [5.41, 5.74) is 0.565. The number of rotatable bonds is 3. The van der Waals surface area contributed by atoms with Gasteiger partial charge in [0.1, 0.15) is 5.75 Å². The second kappa shape index (κ2) is 5.16. The van der Waals surface area contributed by atoms with E-state index in [1.54, 1.807) is 18.2 Å². The maximum Gasteiger partial charge on any atom is 0.227 e. The van der Waals surface area contributed by atoms with Crippen LogP contribution >= 0.6 is 23.2 Å². The van der Waals surface area contributed by atoms with Gasteiger partial charge in [-0.2, -0.15) is 0 Å². The Hall–Kier alpha value is -1.26. The smallest absolute Gasteiger partial charge is 0.227 e. The molecule has 1 aromatic carbocycles. The molecular weight excluding hydrogens is 277 g/mol. The minimum Gasteiger partial charge on any atom is -0.495 e. The Morgan fingerprint density at radius 3 is 2.78 bits per heavy atom. The van der Waals surface area contributed by atoms with E-state index in [2.05, 4.69) is 0 Å². The molecule has 0 N–H and O–H groups in total. The van der Waals surface area contributed by atoms with Gasteiger partial charge in [0.15, 0.2) is 0 Å². The first-order chi connectivity index (χ1) is 8.52. The standard InChI is InChI=1S/C12H11Cl2NO3/c1-18-10-3-2-8(13)5-9(10)15-6-7(12(14)17)4-11(15)16/h2-3,5,7H,4,6H2,1H3/t7-/m0/s1. The minimum absolute atomic E-state index is 0.123. The molecule has 1 aliphatic rings. The maximum absolute atomic E-state index is 11.9. The molecule has 0 aliphatic carbocycles. The predicted molar refractivity (Wildman–Crippen MR) is 69.3 cm³/mol. The normalized spacial score (nSPS) is 19.2. The van der Waals surface area contributed by atoms with Gasteiger partial charge < -0.3 is 9.64 Å². The van der Waals surface area contributed by atoms with E-state index in [9.17, 15) is 9.59 Å². The van der Waals surface area contributed by atoms with E-state index >= 15 is 0 Å². The van der Waals surface area contributed by atoms with Crippen LogP contribution in [0.5, 0.6) is 5.75 Å². The van der Waals surface area contributed by atoms with Crippen LogP contribution in [0, 0.1) is 5.92 Å². The first-order valence-electron chi connectivity index (χ1n) is 5.36. The van der Waals surface area contributed by atoms with E-state index in [4.69, 9.17) is 27.9 Å². The van der Waals surface area contributed by atoms with Crippen LogP contribution in [0.1, 0.15) is 6.42 Å². The highest BCUT2D eigenvalue weighted by atomic mass is 35.5. The van der Waals surface area contributed by atoms with Crippen LogP contribution < -0.4 is 9.64 Å². The second-order valence-corrected chi connectivity index (χ2v) is 4.83. The molecule has 1 aliphatic heterocycles. The van der Waals surface area contributed by atoms with E-state index in [-0.39, 0.29) is 18.9 Å². The molecule has 2 rings (SSSR count). The molecule has 96 valence electrons. The average molecular weight is 288 g/mol. The highest BCUT2D eigenvalue weighted by molar-refractivity contribution is 6.64. The Labute approximate surface area is 114 Å². The molecule has 1 fully saturated rings. The fourth-order valence-electron chi connectivity index (χ4n) is 1.97. The summed E-state index contributed by atoms with van der Waals surface area (Å²) in [6.45, 7) is 0.262. The Morgan fingerprint density at radius 1 is 1.50 bits per heavy atom. The third-order valence-electron chi connectivity index (χ3n) is 2.88. The number of carbonyl (C=O) groups excluding carboxylic acids is 2. The average Bonchev–Trinajstić information content (AvgIpc) is 2.71. The number of methoxy groups -OCH3 is 1. The van der Waals surface area contributed by atoms with Crippen molar-refractivity contribution >= 4 is 40.0 Å². The number of amides is 1. The molecule has 1 aromatic rings. The third kappa shape index (κ3) is 2.44. The van der Waals surface area contributed by atoms with Crippen molar-refractivity contribution in [2.24, 2.45) is 5.92 Å². The Bertz CT molecular complexity index is 504. The van der Waals surface area contributed by atoms with E-state index in [0.717, 1.165) is 0 Å². The zero-order chi connectivity index (χ0) is 13.3. The van der Waals surface area contributed by atoms with Gasteiger partial charge in [0, 0.05) is 18.0 Å². The van der Waals surface area contributed by atoms with Gasteiger partial charge >= 0.3 is 0 Å². The maximum atomic E-state index is 11.9. The number of hydrogen-bond donors (Lipinski definition) is 0. The number of halogens is 2. The lowest BCUT2D eigenvalue weighted by molar-refractivity contribution is -0.120. The summed E-state index contributed by atoms with van der Waals surface area (Å²) in [6, 6.07) is 4.99. The topological polar surface area (TPSA) is 46.6 Å². The summed E-state index contributed by atoms with van der Waals surface area (Å²) in [6.07, 6.45) is 0.123. The summed E-state index contributed by atoms with van der Waals surface area (Å²) in [7, 11) is 1.51. The van der Waals surface area contributed by atoms with Crippen molar-refractivity contribution in [2.75, 3.05) is 18.6 Å². The fourth-order valence-corrected chi connectivity index (χ4v) is 2.28. The van der Waals surface area contributed by atoms with Crippen molar-refractivity contribution in [3.8, 4) is 5.75 Å². The first kappa shape index (κ1) is 13.2.